The number of aromatic nitrogens is 2. The third-order valence-corrected chi connectivity index (χ3v) is 5.25. The smallest absolute Gasteiger partial charge is 0.269 e. The van der Waals surface area contributed by atoms with Gasteiger partial charge in [0.2, 0.25) is 0 Å². The summed E-state index contributed by atoms with van der Waals surface area (Å²) in [6.07, 6.45) is 1.90. The molecule has 7 heteroatoms. The van der Waals surface area contributed by atoms with E-state index in [0.717, 1.165) is 11.1 Å². The summed E-state index contributed by atoms with van der Waals surface area (Å²) in [5.74, 6) is -0.173. The van der Waals surface area contributed by atoms with Crippen LogP contribution in [0.3, 0.4) is 0 Å². The lowest BCUT2D eigenvalue weighted by molar-refractivity contribution is 0.0923. The number of nitrogens with zero attached hydrogens (tertiary/aromatic N) is 2. The molecule has 1 amide bonds. The average Bonchev–Trinajstić information content (AvgIpc) is 3.31. The van der Waals surface area contributed by atoms with Crippen LogP contribution >= 0.6 is 0 Å². The maximum Gasteiger partial charge on any atom is 0.269 e. The van der Waals surface area contributed by atoms with E-state index < -0.39 is 5.82 Å². The number of fused-ring (bicyclic) bond motifs is 1. The van der Waals surface area contributed by atoms with Crippen molar-refractivity contribution in [1.29, 1.82) is 0 Å². The van der Waals surface area contributed by atoms with Gasteiger partial charge in [0.25, 0.3) is 5.91 Å². The number of carbonyl (C=O) groups is 2. The van der Waals surface area contributed by atoms with Crippen LogP contribution in [0.1, 0.15) is 38.9 Å². The summed E-state index contributed by atoms with van der Waals surface area (Å²) in [6, 6.07) is 9.86. The van der Waals surface area contributed by atoms with Crippen molar-refractivity contribution in [1.82, 2.24) is 15.1 Å². The molecule has 2 aromatic carbocycles. The minimum Gasteiger partial charge on any atom is -0.487 e. The van der Waals surface area contributed by atoms with Gasteiger partial charge in [-0.25, -0.2) is 4.39 Å². The average molecular weight is 407 g/mol. The number of nitrogens with one attached hydrogen (secondary N) is 1. The van der Waals surface area contributed by atoms with Crippen LogP contribution in [0.2, 0.25) is 0 Å². The highest BCUT2D eigenvalue weighted by Crippen LogP contribution is 2.41. The molecule has 0 unspecified atom stereocenters. The van der Waals surface area contributed by atoms with E-state index in [1.807, 2.05) is 19.1 Å². The molecule has 6 nitrogen and oxygen atoms in total. The zero-order valence-corrected chi connectivity index (χ0v) is 17.0. The number of ketones is 1. The minimum atomic E-state index is -0.413. The van der Waals surface area contributed by atoms with Gasteiger partial charge in [0.15, 0.2) is 5.78 Å². The molecule has 1 atom stereocenters. The first kappa shape index (κ1) is 19.8. The van der Waals surface area contributed by atoms with Gasteiger partial charge in [0.05, 0.1) is 6.54 Å². The van der Waals surface area contributed by atoms with Crippen molar-refractivity contribution in [2.75, 3.05) is 6.54 Å². The number of rotatable bonds is 5. The second-order valence-corrected chi connectivity index (χ2v) is 7.55. The molecule has 1 aromatic heterocycles. The predicted octanol–water partition coefficient (Wildman–Crippen LogP) is 3.47. The maximum atomic E-state index is 14.6. The van der Waals surface area contributed by atoms with E-state index in [-0.39, 0.29) is 17.8 Å². The molecule has 4 rings (SSSR count). The second kappa shape index (κ2) is 7.74. The first-order valence-corrected chi connectivity index (χ1v) is 9.70. The summed E-state index contributed by atoms with van der Waals surface area (Å²) >= 11 is 0. The van der Waals surface area contributed by atoms with Crippen LogP contribution in [0.25, 0.3) is 11.1 Å². The summed E-state index contributed by atoms with van der Waals surface area (Å²) in [5.41, 5.74) is 3.79. The van der Waals surface area contributed by atoms with Crippen molar-refractivity contribution in [3.8, 4) is 16.9 Å². The first-order chi connectivity index (χ1) is 14.3. The number of hydrogen-bond donors (Lipinski definition) is 1. The zero-order chi connectivity index (χ0) is 21.4. The highest BCUT2D eigenvalue weighted by Gasteiger charge is 2.28. The van der Waals surface area contributed by atoms with Crippen molar-refractivity contribution in [2.24, 2.45) is 7.05 Å². The molecule has 0 aliphatic carbocycles. The number of carbonyl (C=O) groups excluding carboxylic acids is 2. The summed E-state index contributed by atoms with van der Waals surface area (Å²) in [7, 11) is 1.70. The normalized spacial score (nSPS) is 14.9. The number of aryl methyl sites for hydroxylation is 2. The molecule has 1 N–H and O–H groups in total. The third-order valence-electron chi connectivity index (χ3n) is 5.25. The molecule has 30 heavy (non-hydrogen) atoms. The number of benzene rings is 2. The van der Waals surface area contributed by atoms with E-state index >= 15 is 0 Å². The quantitative estimate of drug-likeness (QED) is 0.658. The van der Waals surface area contributed by atoms with Crippen molar-refractivity contribution >= 4 is 11.7 Å². The topological polar surface area (TPSA) is 73.2 Å². The molecule has 1 aliphatic heterocycles. The Kier molecular flexibility index (Phi) is 5.11. The standard InChI is InChI=1S/C23H22FN3O3/c1-13-8-16-10-17(12-25-23(29)21-6-7-26-27(21)3)30-22(16)19(9-13)18-11-15(14(2)28)4-5-20(18)24/h4-9,11,17H,10,12H2,1-3H3,(H,25,29)/t17-/m1/s1. The molecule has 0 spiro atoms. The predicted molar refractivity (Wildman–Crippen MR) is 110 cm³/mol. The molecule has 0 saturated heterocycles. The molecule has 0 fully saturated rings. The lowest BCUT2D eigenvalue weighted by Crippen LogP contribution is -2.35. The Balaban J connectivity index is 1.58. The first-order valence-electron chi connectivity index (χ1n) is 9.70. The van der Waals surface area contributed by atoms with Crippen molar-refractivity contribution < 1.29 is 18.7 Å². The molecule has 3 aromatic rings. The van der Waals surface area contributed by atoms with Gasteiger partial charge < -0.3 is 10.1 Å². The molecule has 0 saturated carbocycles. The fourth-order valence-electron chi connectivity index (χ4n) is 3.75. The van der Waals surface area contributed by atoms with Crippen LogP contribution in [0.4, 0.5) is 4.39 Å². The number of ether oxygens (including phenoxy) is 1. The van der Waals surface area contributed by atoms with Crippen LogP contribution in [0, 0.1) is 12.7 Å². The zero-order valence-electron chi connectivity index (χ0n) is 17.0. The van der Waals surface area contributed by atoms with Gasteiger partial charge in [0.1, 0.15) is 23.4 Å². The highest BCUT2D eigenvalue weighted by atomic mass is 19.1. The number of Topliss-reactive ketones (excluding diaryl/α,β-unsaturated/α-hetero) is 1. The van der Waals surface area contributed by atoms with E-state index in [1.165, 1.54) is 23.7 Å². The molecule has 154 valence electrons. The summed E-state index contributed by atoms with van der Waals surface area (Å²) in [5, 5.41) is 6.87. The van der Waals surface area contributed by atoms with Gasteiger partial charge >= 0.3 is 0 Å². The van der Waals surface area contributed by atoms with E-state index in [9.17, 15) is 14.0 Å². The molecule has 1 aliphatic rings. The van der Waals surface area contributed by atoms with Gasteiger partial charge in [-0.15, -0.1) is 0 Å². The largest absolute Gasteiger partial charge is 0.487 e. The van der Waals surface area contributed by atoms with E-state index in [0.29, 0.717) is 41.1 Å². The lowest BCUT2D eigenvalue weighted by atomic mass is 9.95. The maximum absolute atomic E-state index is 14.6. The second-order valence-electron chi connectivity index (χ2n) is 7.55. The molecule has 2 heterocycles. The Bertz CT molecular complexity index is 1150. The summed E-state index contributed by atoms with van der Waals surface area (Å²) in [6.45, 7) is 3.70. The van der Waals surface area contributed by atoms with Crippen LogP contribution in [0.5, 0.6) is 5.75 Å². The number of hydrogen-bond acceptors (Lipinski definition) is 4. The van der Waals surface area contributed by atoms with Crippen LogP contribution < -0.4 is 10.1 Å². The van der Waals surface area contributed by atoms with Gasteiger partial charge in [-0.05, 0) is 55.3 Å². The van der Waals surface area contributed by atoms with E-state index in [1.54, 1.807) is 25.4 Å². The van der Waals surface area contributed by atoms with Gasteiger partial charge in [-0.2, -0.15) is 5.10 Å². The summed E-state index contributed by atoms with van der Waals surface area (Å²) < 4.78 is 22.3. The van der Waals surface area contributed by atoms with Crippen molar-refractivity contribution in [2.45, 2.75) is 26.4 Å². The van der Waals surface area contributed by atoms with Crippen LogP contribution in [-0.2, 0) is 13.5 Å². The fraction of sp³-hybridized carbons (Fsp3) is 0.261. The van der Waals surface area contributed by atoms with Gasteiger partial charge in [-0.1, -0.05) is 6.07 Å². The molecular formula is C23H22FN3O3. The van der Waals surface area contributed by atoms with Crippen molar-refractivity contribution in [3.63, 3.8) is 0 Å². The van der Waals surface area contributed by atoms with Crippen LogP contribution in [-0.4, -0.2) is 34.1 Å². The lowest BCUT2D eigenvalue weighted by Gasteiger charge is -2.15. The Morgan fingerprint density at radius 2 is 2.03 bits per heavy atom. The number of amides is 1. The third kappa shape index (κ3) is 3.70. The SMILES string of the molecule is CC(=O)c1ccc(F)c(-c2cc(C)cc3c2O[C@@H](CNC(=O)c2ccnn2C)C3)c1. The number of halogens is 1. The van der Waals surface area contributed by atoms with Crippen LogP contribution in [0.15, 0.2) is 42.6 Å². The summed E-state index contributed by atoms with van der Waals surface area (Å²) in [4.78, 5) is 24.1. The monoisotopic (exact) mass is 407 g/mol. The Hall–Kier alpha value is -3.48. The Labute approximate surface area is 173 Å². The Morgan fingerprint density at radius 3 is 2.73 bits per heavy atom. The minimum absolute atomic E-state index is 0.128. The van der Waals surface area contributed by atoms with E-state index in [2.05, 4.69) is 10.4 Å². The van der Waals surface area contributed by atoms with Gasteiger partial charge in [0, 0.05) is 36.4 Å². The highest BCUT2D eigenvalue weighted by molar-refractivity contribution is 5.95. The molecule has 0 bridgehead atoms. The molecular weight excluding hydrogens is 385 g/mol. The fourth-order valence-corrected chi connectivity index (χ4v) is 3.75. The van der Waals surface area contributed by atoms with Crippen molar-refractivity contribution in [3.05, 3.63) is 70.8 Å². The molecule has 0 radical (unpaired) electrons. The van der Waals surface area contributed by atoms with Gasteiger partial charge in [-0.3, -0.25) is 14.3 Å². The Morgan fingerprint density at radius 1 is 1.23 bits per heavy atom. The van der Waals surface area contributed by atoms with E-state index in [4.69, 9.17) is 4.74 Å².